The van der Waals surface area contributed by atoms with Crippen LogP contribution in [0.2, 0.25) is 0 Å². The first-order chi connectivity index (χ1) is 20.3. The Labute approximate surface area is 248 Å². The molecule has 43 heavy (non-hydrogen) atoms. The number of aromatic nitrogens is 2. The van der Waals surface area contributed by atoms with E-state index in [0.29, 0.717) is 16.8 Å². The van der Waals surface area contributed by atoms with Crippen molar-refractivity contribution in [3.8, 4) is 11.6 Å². The van der Waals surface area contributed by atoms with Crippen molar-refractivity contribution in [1.82, 2.24) is 9.78 Å². The lowest BCUT2D eigenvalue weighted by molar-refractivity contribution is -0.289. The summed E-state index contributed by atoms with van der Waals surface area (Å²) in [5.41, 5.74) is 1.83. The van der Waals surface area contributed by atoms with E-state index < -0.39 is 61.2 Å². The minimum Gasteiger partial charge on any atom is -0.508 e. The second kappa shape index (κ2) is 14.8. The first-order valence-corrected chi connectivity index (χ1v) is 13.8. The monoisotopic (exact) mass is 606 g/mol. The highest BCUT2D eigenvalue weighted by atomic mass is 16.7. The van der Waals surface area contributed by atoms with Gasteiger partial charge in [0.05, 0.1) is 13.2 Å². The van der Waals surface area contributed by atoms with Crippen LogP contribution in [0, 0.1) is 0 Å². The number of carbonyl (C=O) groups is 4. The van der Waals surface area contributed by atoms with Gasteiger partial charge in [-0.15, -0.1) is 5.10 Å². The van der Waals surface area contributed by atoms with Gasteiger partial charge in [0, 0.05) is 45.4 Å². The van der Waals surface area contributed by atoms with Crippen LogP contribution in [-0.2, 0) is 55.8 Å². The van der Waals surface area contributed by atoms with Crippen LogP contribution in [0.4, 0.5) is 0 Å². The Kier molecular flexibility index (Phi) is 11.5. The van der Waals surface area contributed by atoms with Gasteiger partial charge in [0.1, 0.15) is 18.5 Å². The number of benzene rings is 1. The van der Waals surface area contributed by atoms with Crippen LogP contribution in [0.5, 0.6) is 11.6 Å². The molecule has 0 bridgehead atoms. The number of hydrogen-bond donors (Lipinski definition) is 2. The smallest absolute Gasteiger partial charge is 0.303 e. The van der Waals surface area contributed by atoms with Crippen LogP contribution in [-0.4, -0.2) is 87.8 Å². The van der Waals surface area contributed by atoms with Crippen molar-refractivity contribution in [3.05, 3.63) is 41.1 Å². The summed E-state index contributed by atoms with van der Waals surface area (Å²) in [7, 11) is 0. The summed E-state index contributed by atoms with van der Waals surface area (Å²) in [5.74, 6) is -2.99. The molecule has 2 heterocycles. The molecule has 0 saturated carbocycles. The fraction of sp³-hybridized carbons (Fsp3) is 0.552. The molecular formula is C29H38N2O12. The molecule has 1 unspecified atom stereocenters. The molecule has 2 N–H and O–H groups in total. The summed E-state index contributed by atoms with van der Waals surface area (Å²) < 4.78 is 35.4. The third kappa shape index (κ3) is 8.67. The summed E-state index contributed by atoms with van der Waals surface area (Å²) in [6.07, 6.45) is -6.76. The standard InChI is InChI=1S/C29H38N2O12/c1-15(2)24-21(13-20-9-7-8-10-22(20)37)28(30-31(24)11-12-32)43-29-27(41-19(6)36)26(40-18(5)35)25(39-17(4)34)23(42-29)14-38-16(3)33/h7-10,15,23,25-27,29,32,37H,11-14H2,1-6H3/t23-,25-,26+,27-,29?/m1/s1. The highest BCUT2D eigenvalue weighted by Crippen LogP contribution is 2.36. The molecule has 1 aromatic carbocycles. The molecule has 1 aliphatic rings. The topological polar surface area (TPSA) is 182 Å². The lowest BCUT2D eigenvalue weighted by Crippen LogP contribution is -2.63. The maximum absolute atomic E-state index is 12.2. The van der Waals surface area contributed by atoms with Crippen LogP contribution in [0.3, 0.4) is 0 Å². The number of aliphatic hydroxyl groups is 1. The van der Waals surface area contributed by atoms with Gasteiger partial charge in [0.15, 0.2) is 12.2 Å². The minimum atomic E-state index is -1.50. The van der Waals surface area contributed by atoms with Crippen LogP contribution < -0.4 is 4.74 Å². The number of aliphatic hydroxyl groups excluding tert-OH is 1. The molecule has 1 aromatic heterocycles. The van der Waals surface area contributed by atoms with E-state index in [2.05, 4.69) is 5.10 Å². The van der Waals surface area contributed by atoms with Crippen LogP contribution in [0.15, 0.2) is 24.3 Å². The lowest BCUT2D eigenvalue weighted by atomic mass is 9.97. The third-order valence-corrected chi connectivity index (χ3v) is 6.45. The Hall–Kier alpha value is -4.17. The zero-order valence-electron chi connectivity index (χ0n) is 25.0. The molecule has 5 atom stereocenters. The summed E-state index contributed by atoms with van der Waals surface area (Å²) in [4.78, 5) is 48.0. The molecule has 14 heteroatoms. The molecule has 0 radical (unpaired) electrons. The van der Waals surface area contributed by atoms with Gasteiger partial charge in [-0.25, -0.2) is 0 Å². The molecule has 0 aliphatic carbocycles. The average molecular weight is 607 g/mol. The number of nitrogens with zero attached hydrogens (tertiary/aromatic N) is 2. The Morgan fingerprint density at radius 3 is 2.09 bits per heavy atom. The molecule has 14 nitrogen and oxygen atoms in total. The van der Waals surface area contributed by atoms with Crippen molar-refractivity contribution in [3.63, 3.8) is 0 Å². The van der Waals surface area contributed by atoms with E-state index in [0.717, 1.165) is 20.8 Å². The van der Waals surface area contributed by atoms with Gasteiger partial charge in [-0.1, -0.05) is 32.0 Å². The molecule has 236 valence electrons. The SMILES string of the molecule is CC(=O)OC[C@H]1OC(Oc2nn(CCO)c(C(C)C)c2Cc2ccccc2O)[C@H](OC(C)=O)[C@@H](OC(C)=O)[C@@H]1OC(C)=O. The van der Waals surface area contributed by atoms with Gasteiger partial charge >= 0.3 is 23.9 Å². The van der Waals surface area contributed by atoms with Crippen molar-refractivity contribution in [1.29, 1.82) is 0 Å². The normalized spacial score (nSPS) is 21.6. The van der Waals surface area contributed by atoms with Gasteiger partial charge in [-0.2, -0.15) is 0 Å². The summed E-state index contributed by atoms with van der Waals surface area (Å²) >= 11 is 0. The molecule has 1 fully saturated rings. The zero-order chi connectivity index (χ0) is 31.8. The van der Waals surface area contributed by atoms with Gasteiger partial charge in [0.2, 0.25) is 18.3 Å². The number of aromatic hydroxyl groups is 1. The molecular weight excluding hydrogens is 568 g/mol. The van der Waals surface area contributed by atoms with Crippen molar-refractivity contribution in [2.75, 3.05) is 13.2 Å². The molecule has 0 amide bonds. The predicted molar refractivity (Wildman–Crippen MR) is 147 cm³/mol. The second-order valence-corrected chi connectivity index (χ2v) is 10.3. The summed E-state index contributed by atoms with van der Waals surface area (Å²) in [6.45, 7) is 7.90. The van der Waals surface area contributed by atoms with Gasteiger partial charge in [-0.3, -0.25) is 23.9 Å². The third-order valence-electron chi connectivity index (χ3n) is 6.45. The summed E-state index contributed by atoms with van der Waals surface area (Å²) in [5, 5.41) is 24.8. The van der Waals surface area contributed by atoms with Gasteiger partial charge in [-0.05, 0) is 17.5 Å². The van der Waals surface area contributed by atoms with Gasteiger partial charge in [0.25, 0.3) is 0 Å². The number of phenolic OH excluding ortho intramolecular Hbond substituents is 1. The summed E-state index contributed by atoms with van der Waals surface area (Å²) in [6, 6.07) is 6.73. The van der Waals surface area contributed by atoms with E-state index in [1.165, 1.54) is 6.92 Å². The number of ether oxygens (including phenoxy) is 6. The first kappa shape index (κ1) is 33.3. The van der Waals surface area contributed by atoms with Crippen molar-refractivity contribution < 1.29 is 57.8 Å². The largest absolute Gasteiger partial charge is 0.508 e. The molecule has 0 spiro atoms. The van der Waals surface area contributed by atoms with Crippen molar-refractivity contribution in [2.24, 2.45) is 0 Å². The van der Waals surface area contributed by atoms with Gasteiger partial charge < -0.3 is 38.6 Å². The van der Waals surface area contributed by atoms with Crippen molar-refractivity contribution >= 4 is 23.9 Å². The maximum atomic E-state index is 12.2. The number of hydrogen-bond acceptors (Lipinski definition) is 13. The van der Waals surface area contributed by atoms with E-state index in [1.807, 2.05) is 13.8 Å². The Bertz CT molecular complexity index is 1310. The van der Waals surface area contributed by atoms with Crippen molar-refractivity contribution in [2.45, 2.75) is 91.1 Å². The quantitative estimate of drug-likeness (QED) is 0.264. The number of phenols is 1. The predicted octanol–water partition coefficient (Wildman–Crippen LogP) is 1.76. The first-order valence-electron chi connectivity index (χ1n) is 13.8. The Morgan fingerprint density at radius 2 is 1.53 bits per heavy atom. The van der Waals surface area contributed by atoms with Crippen LogP contribution in [0.1, 0.15) is 64.3 Å². The molecule has 1 aliphatic heterocycles. The highest BCUT2D eigenvalue weighted by molar-refractivity contribution is 5.68. The van der Waals surface area contributed by atoms with Crippen LogP contribution in [0.25, 0.3) is 0 Å². The zero-order valence-corrected chi connectivity index (χ0v) is 25.0. The minimum absolute atomic E-state index is 0.0290. The van der Waals surface area contributed by atoms with E-state index in [1.54, 1.807) is 28.9 Å². The lowest BCUT2D eigenvalue weighted by Gasteiger charge is -2.43. The van der Waals surface area contributed by atoms with E-state index in [9.17, 15) is 29.4 Å². The average Bonchev–Trinajstić information content (AvgIpc) is 3.23. The maximum Gasteiger partial charge on any atom is 0.303 e. The molecule has 3 rings (SSSR count). The highest BCUT2D eigenvalue weighted by Gasteiger charge is 2.53. The van der Waals surface area contributed by atoms with E-state index in [-0.39, 0.29) is 37.1 Å². The molecule has 2 aromatic rings. The van der Waals surface area contributed by atoms with E-state index >= 15 is 0 Å². The van der Waals surface area contributed by atoms with E-state index in [4.69, 9.17) is 28.4 Å². The second-order valence-electron chi connectivity index (χ2n) is 10.3. The number of esters is 4. The Morgan fingerprint density at radius 1 is 0.930 bits per heavy atom. The molecule has 1 saturated heterocycles. The van der Waals surface area contributed by atoms with Crippen LogP contribution >= 0.6 is 0 Å². The fourth-order valence-electron chi connectivity index (χ4n) is 4.91. The number of para-hydroxylation sites is 1. The Balaban J connectivity index is 2.15. The number of rotatable bonds is 12. The fourth-order valence-corrected chi connectivity index (χ4v) is 4.91. The number of carbonyl (C=O) groups excluding carboxylic acids is 4.